The first-order chi connectivity index (χ1) is 12.7. The van der Waals surface area contributed by atoms with Gasteiger partial charge in [-0.05, 0) is 19.9 Å². The Morgan fingerprint density at radius 3 is 2.85 bits per heavy atom. The highest BCUT2D eigenvalue weighted by Crippen LogP contribution is 2.26. The average Bonchev–Trinajstić information content (AvgIpc) is 2.66. The van der Waals surface area contributed by atoms with Crippen molar-refractivity contribution in [2.24, 2.45) is 0 Å². The quantitative estimate of drug-likeness (QED) is 0.607. The lowest BCUT2D eigenvalue weighted by atomic mass is 10.1. The molecule has 0 radical (unpaired) electrons. The topological polar surface area (TPSA) is 84.2 Å². The van der Waals surface area contributed by atoms with Gasteiger partial charge in [0.05, 0.1) is 12.8 Å². The van der Waals surface area contributed by atoms with E-state index in [1.807, 2.05) is 13.1 Å². The van der Waals surface area contributed by atoms with Gasteiger partial charge in [0.2, 0.25) is 5.88 Å². The molecule has 0 fully saturated rings. The third-order valence-electron chi connectivity index (χ3n) is 3.73. The Morgan fingerprint density at radius 2 is 2.19 bits per heavy atom. The molecule has 2 aromatic rings. The second-order valence-electron chi connectivity index (χ2n) is 5.80. The van der Waals surface area contributed by atoms with Gasteiger partial charge >= 0.3 is 0 Å². The molecule has 0 N–H and O–H groups in total. The van der Waals surface area contributed by atoms with Crippen molar-refractivity contribution in [3.8, 4) is 17.7 Å². The van der Waals surface area contributed by atoms with Gasteiger partial charge < -0.3 is 9.47 Å². The van der Waals surface area contributed by atoms with Gasteiger partial charge in [0.15, 0.2) is 5.56 Å². The van der Waals surface area contributed by atoms with Gasteiger partial charge in [-0.3, -0.25) is 14.9 Å². The molecule has 0 spiro atoms. The van der Waals surface area contributed by atoms with Gasteiger partial charge in [0, 0.05) is 43.9 Å². The van der Waals surface area contributed by atoms with Crippen LogP contribution in [0.1, 0.15) is 24.1 Å². The van der Waals surface area contributed by atoms with Crippen molar-refractivity contribution in [3.63, 3.8) is 0 Å². The third-order valence-corrected chi connectivity index (χ3v) is 3.73. The highest BCUT2D eigenvalue weighted by molar-refractivity contribution is 5.49. The fourth-order valence-corrected chi connectivity index (χ4v) is 2.55. The van der Waals surface area contributed by atoms with Gasteiger partial charge in [-0.2, -0.15) is 5.26 Å². The van der Waals surface area contributed by atoms with Crippen LogP contribution in [0, 0.1) is 11.3 Å². The number of ether oxygens (including phenoxy) is 2. The van der Waals surface area contributed by atoms with E-state index in [1.54, 1.807) is 30.9 Å². The van der Waals surface area contributed by atoms with E-state index in [2.05, 4.69) is 32.5 Å². The average molecular weight is 353 g/mol. The second kappa shape index (κ2) is 10.1. The molecule has 7 nitrogen and oxygen atoms in total. The van der Waals surface area contributed by atoms with Crippen LogP contribution in [-0.4, -0.2) is 46.7 Å². The Balaban J connectivity index is 2.10. The summed E-state index contributed by atoms with van der Waals surface area (Å²) in [5.74, 6) is 0.738. The number of likely N-dealkylation sites (N-methyl/N-ethyl adjacent to an activating group) is 1. The molecule has 0 aliphatic rings. The van der Waals surface area contributed by atoms with E-state index in [1.165, 1.54) is 7.11 Å². The monoisotopic (exact) mass is 353 g/mol. The predicted octanol–water partition coefficient (Wildman–Crippen LogP) is 2.60. The largest absolute Gasteiger partial charge is 0.487 e. The third kappa shape index (κ3) is 5.53. The second-order valence-corrected chi connectivity index (χ2v) is 5.80. The first-order valence-electron chi connectivity index (χ1n) is 8.32. The van der Waals surface area contributed by atoms with Crippen molar-refractivity contribution in [2.45, 2.75) is 25.5 Å². The smallest absolute Gasteiger partial charge is 0.235 e. The van der Waals surface area contributed by atoms with Crippen LogP contribution in [0.3, 0.4) is 0 Å². The number of hydrogen-bond acceptors (Lipinski definition) is 7. The van der Waals surface area contributed by atoms with E-state index in [-0.39, 0.29) is 12.0 Å². The first kappa shape index (κ1) is 19.3. The zero-order chi connectivity index (χ0) is 18.8. The molecule has 0 aromatic carbocycles. The van der Waals surface area contributed by atoms with Gasteiger partial charge in [-0.1, -0.05) is 6.08 Å². The van der Waals surface area contributed by atoms with Crippen LogP contribution in [-0.2, 0) is 6.54 Å². The Hall–Kier alpha value is -2.98. The van der Waals surface area contributed by atoms with E-state index >= 15 is 0 Å². The summed E-state index contributed by atoms with van der Waals surface area (Å²) in [6, 6.07) is 3.79. The standard InChI is InChI=1S/C19H23N5O2/c1-4-5-6-16(14-24(2)13-15-12-21-9-10-22-15)26-18-7-8-23-19(25-3)17(18)11-20/h4,7-10,12,16H,1,5-6,13-14H2,2-3H3/t16-/m0/s1. The molecular weight excluding hydrogens is 330 g/mol. The maximum Gasteiger partial charge on any atom is 0.235 e. The molecule has 0 unspecified atom stereocenters. The van der Waals surface area contributed by atoms with Crippen molar-refractivity contribution >= 4 is 0 Å². The number of nitrogens with zero attached hydrogens (tertiary/aromatic N) is 5. The lowest BCUT2D eigenvalue weighted by Crippen LogP contribution is -2.33. The molecule has 0 aliphatic heterocycles. The fraction of sp³-hybridized carbons (Fsp3) is 0.368. The first-order valence-corrected chi connectivity index (χ1v) is 8.32. The van der Waals surface area contributed by atoms with Crippen molar-refractivity contribution in [2.75, 3.05) is 20.7 Å². The number of rotatable bonds is 10. The Morgan fingerprint density at radius 1 is 1.35 bits per heavy atom. The summed E-state index contributed by atoms with van der Waals surface area (Å²) in [6.07, 6.45) is 9.99. The number of nitriles is 1. The van der Waals surface area contributed by atoms with E-state index in [4.69, 9.17) is 9.47 Å². The van der Waals surface area contributed by atoms with Gasteiger partial charge in [0.1, 0.15) is 17.9 Å². The minimum Gasteiger partial charge on any atom is -0.487 e. The zero-order valence-corrected chi connectivity index (χ0v) is 15.1. The van der Waals surface area contributed by atoms with Crippen LogP contribution in [0.25, 0.3) is 0 Å². The van der Waals surface area contributed by atoms with E-state index in [9.17, 15) is 5.26 Å². The summed E-state index contributed by atoms with van der Waals surface area (Å²) >= 11 is 0. The Labute approximate surface area is 153 Å². The van der Waals surface area contributed by atoms with Crippen LogP contribution in [0.5, 0.6) is 11.6 Å². The van der Waals surface area contributed by atoms with Crippen LogP contribution < -0.4 is 9.47 Å². The molecule has 7 heteroatoms. The molecule has 0 amide bonds. The summed E-state index contributed by atoms with van der Waals surface area (Å²) in [7, 11) is 3.48. The fourth-order valence-electron chi connectivity index (χ4n) is 2.55. The normalized spacial score (nSPS) is 11.6. The SMILES string of the molecule is C=CCC[C@@H](CN(C)Cc1cnccn1)Oc1ccnc(OC)c1C#N. The van der Waals surface area contributed by atoms with E-state index in [0.717, 1.165) is 18.5 Å². The summed E-state index contributed by atoms with van der Waals surface area (Å²) in [6.45, 7) is 5.10. The molecule has 26 heavy (non-hydrogen) atoms. The lowest BCUT2D eigenvalue weighted by molar-refractivity contribution is 0.135. The van der Waals surface area contributed by atoms with Crippen molar-refractivity contribution < 1.29 is 9.47 Å². The summed E-state index contributed by atoms with van der Waals surface area (Å²) in [4.78, 5) is 14.5. The molecular formula is C19H23N5O2. The van der Waals surface area contributed by atoms with Gasteiger partial charge in [-0.25, -0.2) is 4.98 Å². The number of allylic oxidation sites excluding steroid dienone is 1. The van der Waals surface area contributed by atoms with Crippen molar-refractivity contribution in [1.82, 2.24) is 19.9 Å². The predicted molar refractivity (Wildman–Crippen MR) is 97.7 cm³/mol. The van der Waals surface area contributed by atoms with Gasteiger partial charge in [-0.15, -0.1) is 6.58 Å². The summed E-state index contributed by atoms with van der Waals surface area (Å²) in [5, 5.41) is 9.40. The highest BCUT2D eigenvalue weighted by Gasteiger charge is 2.18. The van der Waals surface area contributed by atoms with Crippen LogP contribution >= 0.6 is 0 Å². The number of methoxy groups -OCH3 is 1. The highest BCUT2D eigenvalue weighted by atomic mass is 16.5. The number of aromatic nitrogens is 3. The molecule has 136 valence electrons. The molecule has 2 aromatic heterocycles. The summed E-state index contributed by atoms with van der Waals surface area (Å²) < 4.78 is 11.3. The zero-order valence-electron chi connectivity index (χ0n) is 15.1. The number of hydrogen-bond donors (Lipinski definition) is 0. The van der Waals surface area contributed by atoms with Crippen LogP contribution in [0.2, 0.25) is 0 Å². The Kier molecular flexibility index (Phi) is 7.52. The van der Waals surface area contributed by atoms with Crippen LogP contribution in [0.15, 0.2) is 43.5 Å². The van der Waals surface area contributed by atoms with Crippen molar-refractivity contribution in [3.05, 3.63) is 54.8 Å². The minimum absolute atomic E-state index is 0.117. The molecule has 2 heterocycles. The molecule has 1 atom stereocenters. The summed E-state index contributed by atoms with van der Waals surface area (Å²) in [5.41, 5.74) is 1.19. The van der Waals surface area contributed by atoms with Gasteiger partial charge in [0.25, 0.3) is 0 Å². The molecule has 0 aliphatic carbocycles. The minimum atomic E-state index is -0.117. The molecule has 0 bridgehead atoms. The maximum atomic E-state index is 9.40. The maximum absolute atomic E-state index is 9.40. The molecule has 2 rings (SSSR count). The number of pyridine rings is 1. The molecule has 0 saturated heterocycles. The molecule has 0 saturated carbocycles. The van der Waals surface area contributed by atoms with E-state index in [0.29, 0.717) is 24.4 Å². The lowest BCUT2D eigenvalue weighted by Gasteiger charge is -2.25. The van der Waals surface area contributed by atoms with E-state index < -0.39 is 0 Å². The Bertz CT molecular complexity index is 745. The van der Waals surface area contributed by atoms with Crippen LogP contribution in [0.4, 0.5) is 0 Å². The van der Waals surface area contributed by atoms with Crippen molar-refractivity contribution in [1.29, 1.82) is 5.26 Å².